The molecule has 0 heterocycles. The van der Waals surface area contributed by atoms with Gasteiger partial charge < -0.3 is 19.9 Å². The molecule has 0 aliphatic carbocycles. The number of ether oxygens (including phenoxy) is 1. The SMILES string of the molecule is CCCCCCCC[N+](C)(C)CCCC(=O)NCCCC(C)(C)OCCC(C)(C)CNC(=O)CCCCC(=O)C(C)C. The first-order valence-corrected chi connectivity index (χ1v) is 17.1. The molecule has 0 aromatic carbocycles. The molecule has 0 fully saturated rings. The molecular weight excluding hydrogens is 526 g/mol. The Morgan fingerprint density at radius 2 is 1.29 bits per heavy atom. The van der Waals surface area contributed by atoms with Crippen LogP contribution in [0.1, 0.15) is 145 Å². The van der Waals surface area contributed by atoms with Gasteiger partial charge in [0.25, 0.3) is 0 Å². The molecular formula is C35H70N3O4+. The van der Waals surface area contributed by atoms with Gasteiger partial charge in [-0.3, -0.25) is 14.4 Å². The third-order valence-electron chi connectivity index (χ3n) is 8.32. The maximum atomic E-state index is 12.3. The summed E-state index contributed by atoms with van der Waals surface area (Å²) >= 11 is 0. The second-order valence-electron chi connectivity index (χ2n) is 14.8. The number of quaternary nitrogens is 1. The molecule has 2 N–H and O–H groups in total. The van der Waals surface area contributed by atoms with Gasteiger partial charge in [0.2, 0.25) is 11.8 Å². The van der Waals surface area contributed by atoms with Crippen molar-refractivity contribution < 1.29 is 23.6 Å². The van der Waals surface area contributed by atoms with Crippen molar-refractivity contribution in [2.45, 2.75) is 150 Å². The van der Waals surface area contributed by atoms with Crippen LogP contribution in [0.4, 0.5) is 0 Å². The standard InChI is InChI=1S/C35H69N3O4/c1-10-11-12-13-14-17-26-38(8,9)27-18-22-32(40)36-25-19-23-35(6,7)42-28-24-34(4,5)29-37-33(41)21-16-15-20-31(39)30(2)3/h30H,10-29H2,1-9H3,(H-,36,37,40,41)/p+1. The van der Waals surface area contributed by atoms with Crippen molar-refractivity contribution in [3.05, 3.63) is 0 Å². The Morgan fingerprint density at radius 3 is 1.95 bits per heavy atom. The zero-order valence-electron chi connectivity index (χ0n) is 29.3. The van der Waals surface area contributed by atoms with Gasteiger partial charge in [0, 0.05) is 51.3 Å². The lowest BCUT2D eigenvalue weighted by Crippen LogP contribution is -2.41. The fraction of sp³-hybridized carbons (Fsp3) is 0.914. The summed E-state index contributed by atoms with van der Waals surface area (Å²) in [6, 6.07) is 0. The molecule has 0 aliphatic heterocycles. The minimum atomic E-state index is -0.254. The number of Topliss-reactive ketones (excluding diaryl/α,β-unsaturated/α-hetero) is 1. The monoisotopic (exact) mass is 597 g/mol. The fourth-order valence-electron chi connectivity index (χ4n) is 4.99. The van der Waals surface area contributed by atoms with E-state index in [4.69, 9.17) is 4.74 Å². The molecule has 0 atom stereocenters. The van der Waals surface area contributed by atoms with Crippen LogP contribution in [0.15, 0.2) is 0 Å². The van der Waals surface area contributed by atoms with E-state index in [2.05, 4.69) is 59.3 Å². The van der Waals surface area contributed by atoms with E-state index in [0.29, 0.717) is 39.0 Å². The summed E-state index contributed by atoms with van der Waals surface area (Å²) in [5.74, 6) is 0.553. The van der Waals surface area contributed by atoms with Gasteiger partial charge >= 0.3 is 0 Å². The number of hydrogen-bond donors (Lipinski definition) is 2. The summed E-state index contributed by atoms with van der Waals surface area (Å²) < 4.78 is 7.20. The molecule has 0 radical (unpaired) electrons. The minimum absolute atomic E-state index is 0.0549. The highest BCUT2D eigenvalue weighted by atomic mass is 16.5. The number of carbonyl (C=O) groups is 3. The van der Waals surface area contributed by atoms with E-state index in [0.717, 1.165) is 49.6 Å². The summed E-state index contributed by atoms with van der Waals surface area (Å²) in [5.41, 5.74) is -0.315. The largest absolute Gasteiger partial charge is 0.376 e. The second kappa shape index (κ2) is 22.1. The zero-order chi connectivity index (χ0) is 32.1. The van der Waals surface area contributed by atoms with Crippen LogP contribution in [0, 0.1) is 11.3 Å². The van der Waals surface area contributed by atoms with Crippen LogP contribution >= 0.6 is 0 Å². The van der Waals surface area contributed by atoms with Gasteiger partial charge in [-0.25, -0.2) is 0 Å². The van der Waals surface area contributed by atoms with Gasteiger partial charge in [0.05, 0.1) is 32.8 Å². The number of nitrogens with one attached hydrogen (secondary N) is 2. The zero-order valence-corrected chi connectivity index (χ0v) is 29.3. The van der Waals surface area contributed by atoms with Crippen molar-refractivity contribution >= 4 is 17.6 Å². The van der Waals surface area contributed by atoms with E-state index in [1.165, 1.54) is 45.1 Å². The van der Waals surface area contributed by atoms with Gasteiger partial charge in [-0.15, -0.1) is 0 Å². The average molecular weight is 597 g/mol. The first-order chi connectivity index (χ1) is 19.6. The average Bonchev–Trinajstić information content (AvgIpc) is 2.89. The molecule has 0 rings (SSSR count). The normalized spacial score (nSPS) is 12.5. The topological polar surface area (TPSA) is 84.5 Å². The Hall–Kier alpha value is -1.47. The number of rotatable bonds is 27. The molecule has 2 amide bonds. The second-order valence-corrected chi connectivity index (χ2v) is 14.8. The van der Waals surface area contributed by atoms with Gasteiger partial charge in [-0.05, 0) is 64.2 Å². The summed E-state index contributed by atoms with van der Waals surface area (Å²) in [6.45, 7) is 18.8. The van der Waals surface area contributed by atoms with Crippen molar-refractivity contribution in [2.75, 3.05) is 46.9 Å². The number of hydrogen-bond acceptors (Lipinski definition) is 4. The van der Waals surface area contributed by atoms with E-state index in [1.807, 2.05) is 13.8 Å². The molecule has 7 nitrogen and oxygen atoms in total. The lowest BCUT2D eigenvalue weighted by atomic mass is 9.89. The van der Waals surface area contributed by atoms with E-state index >= 15 is 0 Å². The maximum absolute atomic E-state index is 12.3. The fourth-order valence-corrected chi connectivity index (χ4v) is 4.99. The number of carbonyl (C=O) groups excluding carboxylic acids is 3. The Morgan fingerprint density at radius 1 is 0.714 bits per heavy atom. The van der Waals surface area contributed by atoms with Crippen molar-refractivity contribution in [3.8, 4) is 0 Å². The Labute approximate surface area is 260 Å². The van der Waals surface area contributed by atoms with Crippen molar-refractivity contribution in [2.24, 2.45) is 11.3 Å². The van der Waals surface area contributed by atoms with Gasteiger partial charge in [0.15, 0.2) is 0 Å². The van der Waals surface area contributed by atoms with E-state index in [9.17, 15) is 14.4 Å². The van der Waals surface area contributed by atoms with Crippen molar-refractivity contribution in [1.29, 1.82) is 0 Å². The van der Waals surface area contributed by atoms with Gasteiger partial charge in [-0.2, -0.15) is 0 Å². The van der Waals surface area contributed by atoms with Crippen molar-refractivity contribution in [1.82, 2.24) is 10.6 Å². The molecule has 0 unspecified atom stereocenters. The predicted molar refractivity (Wildman–Crippen MR) is 176 cm³/mol. The summed E-state index contributed by atoms with van der Waals surface area (Å²) in [7, 11) is 4.57. The summed E-state index contributed by atoms with van der Waals surface area (Å²) in [4.78, 5) is 36.3. The Bertz CT molecular complexity index is 747. The summed E-state index contributed by atoms with van der Waals surface area (Å²) in [6.07, 6.45) is 14.7. The quantitative estimate of drug-likeness (QED) is 0.0775. The van der Waals surface area contributed by atoms with E-state index < -0.39 is 0 Å². The van der Waals surface area contributed by atoms with Crippen LogP contribution in [-0.2, 0) is 19.1 Å². The number of unbranched alkanes of at least 4 members (excludes halogenated alkanes) is 6. The predicted octanol–water partition coefficient (Wildman–Crippen LogP) is 7.21. The van der Waals surface area contributed by atoms with Gasteiger partial charge in [-0.1, -0.05) is 60.3 Å². The number of amides is 2. The molecule has 248 valence electrons. The molecule has 0 aromatic rings. The van der Waals surface area contributed by atoms with Crippen LogP contribution in [-0.4, -0.2) is 74.6 Å². The molecule has 0 bridgehead atoms. The maximum Gasteiger partial charge on any atom is 0.220 e. The minimum Gasteiger partial charge on any atom is -0.376 e. The van der Waals surface area contributed by atoms with Gasteiger partial charge in [0.1, 0.15) is 5.78 Å². The third-order valence-corrected chi connectivity index (χ3v) is 8.32. The highest BCUT2D eigenvalue weighted by Crippen LogP contribution is 2.23. The molecule has 0 aromatic heterocycles. The van der Waals surface area contributed by atoms with Crippen LogP contribution in [0.5, 0.6) is 0 Å². The molecule has 0 saturated carbocycles. The lowest BCUT2D eigenvalue weighted by molar-refractivity contribution is -0.890. The molecule has 7 heteroatoms. The third kappa shape index (κ3) is 24.0. The highest BCUT2D eigenvalue weighted by Gasteiger charge is 2.23. The lowest BCUT2D eigenvalue weighted by Gasteiger charge is -2.30. The van der Waals surface area contributed by atoms with Crippen LogP contribution in [0.2, 0.25) is 0 Å². The number of nitrogens with zero attached hydrogens (tertiary/aromatic N) is 1. The molecule has 42 heavy (non-hydrogen) atoms. The van der Waals surface area contributed by atoms with Crippen LogP contribution in [0.25, 0.3) is 0 Å². The molecule has 0 spiro atoms. The Kier molecular flexibility index (Phi) is 21.3. The first kappa shape index (κ1) is 40.5. The highest BCUT2D eigenvalue weighted by molar-refractivity contribution is 5.80. The van der Waals surface area contributed by atoms with Crippen molar-refractivity contribution in [3.63, 3.8) is 0 Å². The van der Waals surface area contributed by atoms with E-state index in [1.54, 1.807) is 0 Å². The first-order valence-electron chi connectivity index (χ1n) is 17.1. The van der Waals surface area contributed by atoms with Crippen LogP contribution in [0.3, 0.4) is 0 Å². The van der Waals surface area contributed by atoms with Crippen LogP contribution < -0.4 is 10.6 Å². The Balaban J connectivity index is 3.99. The smallest absolute Gasteiger partial charge is 0.220 e. The number of ketones is 1. The molecule has 0 saturated heterocycles. The summed E-state index contributed by atoms with van der Waals surface area (Å²) in [5, 5.41) is 6.14. The molecule has 0 aliphatic rings. The van der Waals surface area contributed by atoms with E-state index in [-0.39, 0.29) is 34.5 Å².